The molecule has 0 aliphatic heterocycles. The van der Waals surface area contributed by atoms with Gasteiger partial charge in [-0.15, -0.1) is 0 Å². The molecule has 1 aromatic rings. The zero-order valence-corrected chi connectivity index (χ0v) is 9.91. The van der Waals surface area contributed by atoms with Crippen LogP contribution in [0.4, 0.5) is 0 Å². The highest BCUT2D eigenvalue weighted by Gasteiger charge is 2.14. The summed E-state index contributed by atoms with van der Waals surface area (Å²) in [6, 6.07) is -0.257. The highest BCUT2D eigenvalue weighted by Crippen LogP contribution is 2.11. The van der Waals surface area contributed by atoms with Gasteiger partial charge in [0.15, 0.2) is 0 Å². The van der Waals surface area contributed by atoms with Crippen molar-refractivity contribution in [1.29, 1.82) is 0 Å². The van der Waals surface area contributed by atoms with E-state index >= 15 is 0 Å². The first kappa shape index (κ1) is 11.2. The van der Waals surface area contributed by atoms with E-state index in [4.69, 9.17) is 0 Å². The van der Waals surface area contributed by atoms with Gasteiger partial charge in [-0.25, -0.2) is 0 Å². The van der Waals surface area contributed by atoms with Crippen LogP contribution < -0.4 is 5.32 Å². The Kier molecular flexibility index (Phi) is 4.13. The molecular weight excluding hydrogens is 246 g/mol. The van der Waals surface area contributed by atoms with Crippen LogP contribution in [0.2, 0.25) is 0 Å². The van der Waals surface area contributed by atoms with E-state index in [2.05, 4.69) is 26.3 Å². The Morgan fingerprint density at radius 1 is 1.79 bits per heavy atom. The van der Waals surface area contributed by atoms with Crippen LogP contribution in [-0.2, 0) is 4.79 Å². The molecule has 0 unspecified atom stereocenters. The molecular formula is C9H14BrN3O. The van der Waals surface area contributed by atoms with Gasteiger partial charge >= 0.3 is 0 Å². The van der Waals surface area contributed by atoms with Gasteiger partial charge in [-0.2, -0.15) is 5.10 Å². The van der Waals surface area contributed by atoms with Crippen LogP contribution in [0.1, 0.15) is 26.3 Å². The maximum Gasteiger partial charge on any atom is 0.244 e. The average Bonchev–Trinajstić information content (AvgIpc) is 2.60. The third-order valence-electron chi connectivity index (χ3n) is 1.90. The fraction of sp³-hybridized carbons (Fsp3) is 0.556. The molecule has 0 radical (unpaired) electrons. The second-order valence-electron chi connectivity index (χ2n) is 3.11. The summed E-state index contributed by atoms with van der Waals surface area (Å²) < 4.78 is 2.52. The summed E-state index contributed by atoms with van der Waals surface area (Å²) >= 11 is 3.29. The topological polar surface area (TPSA) is 46.9 Å². The van der Waals surface area contributed by atoms with E-state index in [0.29, 0.717) is 6.54 Å². The third kappa shape index (κ3) is 2.83. The normalized spacial score (nSPS) is 12.5. The third-order valence-corrected chi connectivity index (χ3v) is 2.30. The molecule has 0 bridgehead atoms. The molecule has 78 valence electrons. The van der Waals surface area contributed by atoms with E-state index in [0.717, 1.165) is 10.9 Å². The second-order valence-corrected chi connectivity index (χ2v) is 4.02. The lowest BCUT2D eigenvalue weighted by Crippen LogP contribution is -2.31. The van der Waals surface area contributed by atoms with Gasteiger partial charge in [-0.1, -0.05) is 6.92 Å². The summed E-state index contributed by atoms with van der Waals surface area (Å²) in [5, 5.41) is 6.88. The number of halogens is 1. The van der Waals surface area contributed by atoms with Gasteiger partial charge < -0.3 is 5.32 Å². The molecule has 1 rings (SSSR count). The van der Waals surface area contributed by atoms with E-state index in [1.165, 1.54) is 0 Å². The summed E-state index contributed by atoms with van der Waals surface area (Å²) in [6.07, 6.45) is 4.40. The zero-order valence-electron chi connectivity index (χ0n) is 8.33. The van der Waals surface area contributed by atoms with Crippen LogP contribution in [0.5, 0.6) is 0 Å². The van der Waals surface area contributed by atoms with Crippen molar-refractivity contribution < 1.29 is 4.79 Å². The zero-order chi connectivity index (χ0) is 10.6. The smallest absolute Gasteiger partial charge is 0.244 e. The number of nitrogens with zero attached hydrogens (tertiary/aromatic N) is 2. The predicted molar refractivity (Wildman–Crippen MR) is 57.9 cm³/mol. The number of hydrogen-bond donors (Lipinski definition) is 1. The van der Waals surface area contributed by atoms with Gasteiger partial charge in [-0.3, -0.25) is 9.48 Å². The lowest BCUT2D eigenvalue weighted by atomic mass is 10.3. The van der Waals surface area contributed by atoms with Gasteiger partial charge in [0, 0.05) is 12.7 Å². The Morgan fingerprint density at radius 2 is 2.50 bits per heavy atom. The quantitative estimate of drug-likeness (QED) is 0.896. The fourth-order valence-corrected chi connectivity index (χ4v) is 1.34. The number of carbonyl (C=O) groups excluding carboxylic acids is 1. The van der Waals surface area contributed by atoms with Crippen molar-refractivity contribution in [3.05, 3.63) is 16.9 Å². The van der Waals surface area contributed by atoms with Crippen molar-refractivity contribution in [3.63, 3.8) is 0 Å². The van der Waals surface area contributed by atoms with Gasteiger partial charge in [-0.05, 0) is 29.3 Å². The summed E-state index contributed by atoms with van der Waals surface area (Å²) in [4.78, 5) is 11.5. The molecule has 14 heavy (non-hydrogen) atoms. The Hall–Kier alpha value is -0.840. The van der Waals surface area contributed by atoms with Gasteiger partial charge in [0.2, 0.25) is 5.91 Å². The first-order valence-electron chi connectivity index (χ1n) is 4.62. The molecule has 0 spiro atoms. The molecule has 1 heterocycles. The summed E-state index contributed by atoms with van der Waals surface area (Å²) in [5.74, 6) is 0.00227. The summed E-state index contributed by atoms with van der Waals surface area (Å²) in [6.45, 7) is 4.56. The fourth-order valence-electron chi connectivity index (χ4n) is 1.04. The Morgan fingerprint density at radius 3 is 3.00 bits per heavy atom. The summed E-state index contributed by atoms with van der Waals surface area (Å²) in [7, 11) is 0. The first-order valence-corrected chi connectivity index (χ1v) is 5.41. The van der Waals surface area contributed by atoms with Gasteiger partial charge in [0.05, 0.1) is 10.7 Å². The van der Waals surface area contributed by atoms with E-state index < -0.39 is 0 Å². The second kappa shape index (κ2) is 5.14. The van der Waals surface area contributed by atoms with Crippen molar-refractivity contribution in [1.82, 2.24) is 15.1 Å². The van der Waals surface area contributed by atoms with Crippen LogP contribution >= 0.6 is 15.9 Å². The number of aromatic nitrogens is 2. The molecule has 0 saturated heterocycles. The molecule has 0 saturated carbocycles. The molecule has 0 fully saturated rings. The highest BCUT2D eigenvalue weighted by molar-refractivity contribution is 9.10. The molecule has 5 heteroatoms. The largest absolute Gasteiger partial charge is 0.354 e. The molecule has 4 nitrogen and oxygen atoms in total. The predicted octanol–water partition coefficient (Wildman–Crippen LogP) is 1.73. The molecule has 1 amide bonds. The van der Waals surface area contributed by atoms with E-state index in [1.807, 2.05) is 13.8 Å². The molecule has 0 aliphatic carbocycles. The molecule has 1 aromatic heterocycles. The number of nitrogens with one attached hydrogen (secondary N) is 1. The maximum atomic E-state index is 11.5. The Bertz CT molecular complexity index is 311. The van der Waals surface area contributed by atoms with Crippen molar-refractivity contribution in [2.24, 2.45) is 0 Å². The van der Waals surface area contributed by atoms with Crippen molar-refractivity contribution >= 4 is 21.8 Å². The Balaban J connectivity index is 2.56. The van der Waals surface area contributed by atoms with Crippen LogP contribution in [0.15, 0.2) is 16.9 Å². The maximum absolute atomic E-state index is 11.5. The van der Waals surface area contributed by atoms with E-state index in [9.17, 15) is 4.79 Å². The lowest BCUT2D eigenvalue weighted by Gasteiger charge is -2.11. The van der Waals surface area contributed by atoms with E-state index in [-0.39, 0.29) is 11.9 Å². The van der Waals surface area contributed by atoms with Crippen molar-refractivity contribution in [2.45, 2.75) is 26.3 Å². The lowest BCUT2D eigenvalue weighted by molar-refractivity contribution is -0.124. The standard InChI is InChI=1S/C9H14BrN3O/c1-3-4-11-9(14)7(2)13-6-8(10)5-12-13/h5-7H,3-4H2,1-2H3,(H,11,14)/t7-/m1/s1. The molecule has 0 aliphatic rings. The number of carbonyl (C=O) groups is 1. The number of rotatable bonds is 4. The minimum Gasteiger partial charge on any atom is -0.354 e. The minimum atomic E-state index is -0.257. The van der Waals surface area contributed by atoms with Crippen LogP contribution in [0.25, 0.3) is 0 Å². The van der Waals surface area contributed by atoms with Gasteiger partial charge in [0.25, 0.3) is 0 Å². The number of amides is 1. The van der Waals surface area contributed by atoms with Crippen LogP contribution in [0, 0.1) is 0 Å². The van der Waals surface area contributed by atoms with Crippen LogP contribution in [0.3, 0.4) is 0 Å². The van der Waals surface area contributed by atoms with Gasteiger partial charge in [0.1, 0.15) is 6.04 Å². The van der Waals surface area contributed by atoms with Crippen LogP contribution in [-0.4, -0.2) is 22.2 Å². The first-order chi connectivity index (χ1) is 6.65. The minimum absolute atomic E-state index is 0.00227. The molecule has 1 atom stereocenters. The SMILES string of the molecule is CCCNC(=O)[C@@H](C)n1cc(Br)cn1. The molecule has 1 N–H and O–H groups in total. The Labute approximate surface area is 91.8 Å². The highest BCUT2D eigenvalue weighted by atomic mass is 79.9. The van der Waals surface area contributed by atoms with Crippen molar-refractivity contribution in [3.8, 4) is 0 Å². The number of hydrogen-bond acceptors (Lipinski definition) is 2. The van der Waals surface area contributed by atoms with Crippen molar-refractivity contribution in [2.75, 3.05) is 6.54 Å². The van der Waals surface area contributed by atoms with E-state index in [1.54, 1.807) is 17.1 Å². The summed E-state index contributed by atoms with van der Waals surface area (Å²) in [5.41, 5.74) is 0. The average molecular weight is 260 g/mol. The monoisotopic (exact) mass is 259 g/mol. The molecule has 0 aromatic carbocycles.